The van der Waals surface area contributed by atoms with Gasteiger partial charge in [0.25, 0.3) is 0 Å². The van der Waals surface area contributed by atoms with Crippen LogP contribution < -0.4 is 4.90 Å². The van der Waals surface area contributed by atoms with Crippen LogP contribution in [0, 0.1) is 0 Å². The van der Waals surface area contributed by atoms with Crippen molar-refractivity contribution in [3.05, 3.63) is 17.5 Å². The average Bonchev–Trinajstić information content (AvgIpc) is 1.83. The summed E-state index contributed by atoms with van der Waals surface area (Å²) in [6, 6.07) is 1.79. The third-order valence-corrected chi connectivity index (χ3v) is 2.01. The van der Waals surface area contributed by atoms with E-state index in [1.165, 1.54) is 12.7 Å². The van der Waals surface area contributed by atoms with Gasteiger partial charge >= 0.3 is 0 Å². The molecule has 1 fully saturated rings. The van der Waals surface area contributed by atoms with E-state index in [0.717, 1.165) is 18.9 Å². The minimum atomic E-state index is 0.516. The number of nitrogens with zero attached hydrogens (tertiary/aromatic N) is 3. The molecule has 0 spiro atoms. The average molecular weight is 170 g/mol. The van der Waals surface area contributed by atoms with Crippen LogP contribution in [0.15, 0.2) is 12.4 Å². The summed E-state index contributed by atoms with van der Waals surface area (Å²) in [7, 11) is 0. The summed E-state index contributed by atoms with van der Waals surface area (Å²) >= 11 is 5.69. The van der Waals surface area contributed by atoms with Crippen LogP contribution in [-0.4, -0.2) is 23.1 Å². The molecule has 2 rings (SSSR count). The lowest BCUT2D eigenvalue weighted by Gasteiger charge is -2.31. The third kappa shape index (κ3) is 1.28. The molecule has 3 nitrogen and oxygen atoms in total. The molecule has 0 radical (unpaired) electrons. The van der Waals surface area contributed by atoms with Gasteiger partial charge in [0, 0.05) is 19.2 Å². The molecule has 1 aliphatic rings. The Balaban J connectivity index is 2.23. The third-order valence-electron chi connectivity index (χ3n) is 1.80. The SMILES string of the molecule is Clc1cc(N2CCC2)ncn1. The maximum Gasteiger partial charge on any atom is 0.134 e. The normalized spacial score (nSPS) is 16.3. The first kappa shape index (κ1) is 6.85. The Labute approximate surface area is 70.0 Å². The van der Waals surface area contributed by atoms with Crippen LogP contribution in [0.1, 0.15) is 6.42 Å². The molecule has 4 heteroatoms. The van der Waals surface area contributed by atoms with E-state index < -0.39 is 0 Å². The molecule has 11 heavy (non-hydrogen) atoms. The van der Waals surface area contributed by atoms with Crippen molar-refractivity contribution in [3.8, 4) is 0 Å². The molecular weight excluding hydrogens is 162 g/mol. The second-order valence-corrected chi connectivity index (χ2v) is 2.93. The van der Waals surface area contributed by atoms with Gasteiger partial charge in [-0.2, -0.15) is 0 Å². The Hall–Kier alpha value is -0.830. The van der Waals surface area contributed by atoms with Crippen LogP contribution in [0.4, 0.5) is 5.82 Å². The van der Waals surface area contributed by atoms with Crippen molar-refractivity contribution in [2.45, 2.75) is 6.42 Å². The summed E-state index contributed by atoms with van der Waals surface area (Å²) in [5.41, 5.74) is 0. The van der Waals surface area contributed by atoms with E-state index in [1.54, 1.807) is 6.07 Å². The Bertz CT molecular complexity index is 260. The molecule has 0 unspecified atom stereocenters. The predicted molar refractivity (Wildman–Crippen MR) is 43.9 cm³/mol. The molecule has 0 aromatic carbocycles. The number of halogens is 1. The summed E-state index contributed by atoms with van der Waals surface area (Å²) < 4.78 is 0. The molecule has 1 aromatic rings. The zero-order valence-corrected chi connectivity index (χ0v) is 6.75. The molecule has 0 saturated carbocycles. The lowest BCUT2D eigenvalue weighted by atomic mass is 10.2. The second kappa shape index (κ2) is 2.66. The molecule has 58 valence electrons. The minimum Gasteiger partial charge on any atom is -0.356 e. The maximum atomic E-state index is 5.69. The number of rotatable bonds is 1. The van der Waals surface area contributed by atoms with Crippen molar-refractivity contribution in [1.82, 2.24) is 9.97 Å². The van der Waals surface area contributed by atoms with Crippen molar-refractivity contribution >= 4 is 17.4 Å². The minimum absolute atomic E-state index is 0.516. The van der Waals surface area contributed by atoms with Gasteiger partial charge in [-0.15, -0.1) is 0 Å². The quantitative estimate of drug-likeness (QED) is 0.595. The van der Waals surface area contributed by atoms with E-state index in [-0.39, 0.29) is 0 Å². The first-order valence-corrected chi connectivity index (χ1v) is 3.96. The van der Waals surface area contributed by atoms with E-state index in [9.17, 15) is 0 Å². The summed E-state index contributed by atoms with van der Waals surface area (Å²) in [6.45, 7) is 2.18. The van der Waals surface area contributed by atoms with Gasteiger partial charge in [-0.3, -0.25) is 0 Å². The van der Waals surface area contributed by atoms with Crippen molar-refractivity contribution in [3.63, 3.8) is 0 Å². The lowest BCUT2D eigenvalue weighted by Crippen LogP contribution is -2.37. The fraction of sp³-hybridized carbons (Fsp3) is 0.429. The van der Waals surface area contributed by atoms with E-state index in [4.69, 9.17) is 11.6 Å². The highest BCUT2D eigenvalue weighted by Crippen LogP contribution is 2.18. The predicted octanol–water partition coefficient (Wildman–Crippen LogP) is 1.34. The van der Waals surface area contributed by atoms with Crippen LogP contribution in [0.25, 0.3) is 0 Å². The van der Waals surface area contributed by atoms with Crippen molar-refractivity contribution in [2.24, 2.45) is 0 Å². The molecular formula is C7H8ClN3. The highest BCUT2D eigenvalue weighted by molar-refractivity contribution is 6.29. The topological polar surface area (TPSA) is 29.0 Å². The fourth-order valence-electron chi connectivity index (χ4n) is 1.04. The summed E-state index contributed by atoms with van der Waals surface area (Å²) in [5, 5.41) is 0.516. The number of aromatic nitrogens is 2. The van der Waals surface area contributed by atoms with Crippen LogP contribution in [0.3, 0.4) is 0 Å². The Morgan fingerprint density at radius 3 is 2.73 bits per heavy atom. The number of hydrogen-bond donors (Lipinski definition) is 0. The van der Waals surface area contributed by atoms with Gasteiger partial charge in [0.1, 0.15) is 17.3 Å². The standard InChI is InChI=1S/C7H8ClN3/c8-6-4-7(10-5-9-6)11-2-1-3-11/h4-5H,1-3H2. The maximum absolute atomic E-state index is 5.69. The van der Waals surface area contributed by atoms with E-state index in [0.29, 0.717) is 5.15 Å². The zero-order valence-electron chi connectivity index (χ0n) is 6.00. The fourth-order valence-corrected chi connectivity index (χ4v) is 1.18. The molecule has 0 atom stereocenters. The highest BCUT2D eigenvalue weighted by atomic mass is 35.5. The Kier molecular flexibility index (Phi) is 1.66. The van der Waals surface area contributed by atoms with Gasteiger partial charge in [-0.05, 0) is 6.42 Å². The van der Waals surface area contributed by atoms with Crippen LogP contribution in [0.2, 0.25) is 5.15 Å². The van der Waals surface area contributed by atoms with Gasteiger partial charge in [0.15, 0.2) is 0 Å². The van der Waals surface area contributed by atoms with Crippen LogP contribution >= 0.6 is 11.6 Å². The summed E-state index contributed by atoms with van der Waals surface area (Å²) in [5.74, 6) is 0.941. The van der Waals surface area contributed by atoms with Crippen LogP contribution in [0.5, 0.6) is 0 Å². The molecule has 0 N–H and O–H groups in total. The smallest absolute Gasteiger partial charge is 0.134 e. The summed E-state index contributed by atoms with van der Waals surface area (Å²) in [6.07, 6.45) is 2.75. The molecule has 1 aromatic heterocycles. The monoisotopic (exact) mass is 169 g/mol. The highest BCUT2D eigenvalue weighted by Gasteiger charge is 2.15. The van der Waals surface area contributed by atoms with E-state index in [2.05, 4.69) is 14.9 Å². The van der Waals surface area contributed by atoms with Crippen molar-refractivity contribution < 1.29 is 0 Å². The van der Waals surface area contributed by atoms with Gasteiger partial charge < -0.3 is 4.90 Å². The number of anilines is 1. The summed E-state index contributed by atoms with van der Waals surface area (Å²) in [4.78, 5) is 10.1. The van der Waals surface area contributed by atoms with E-state index in [1.807, 2.05) is 0 Å². The Morgan fingerprint density at radius 2 is 2.18 bits per heavy atom. The molecule has 2 heterocycles. The first-order chi connectivity index (χ1) is 5.36. The van der Waals surface area contributed by atoms with Crippen molar-refractivity contribution in [2.75, 3.05) is 18.0 Å². The molecule has 0 aliphatic carbocycles. The molecule has 1 aliphatic heterocycles. The van der Waals surface area contributed by atoms with Gasteiger partial charge in [-0.1, -0.05) is 11.6 Å². The lowest BCUT2D eigenvalue weighted by molar-refractivity contribution is 0.609. The van der Waals surface area contributed by atoms with E-state index >= 15 is 0 Å². The van der Waals surface area contributed by atoms with Gasteiger partial charge in [-0.25, -0.2) is 9.97 Å². The zero-order chi connectivity index (χ0) is 7.68. The number of hydrogen-bond acceptors (Lipinski definition) is 3. The second-order valence-electron chi connectivity index (χ2n) is 2.54. The molecule has 1 saturated heterocycles. The van der Waals surface area contributed by atoms with Crippen molar-refractivity contribution in [1.29, 1.82) is 0 Å². The largest absolute Gasteiger partial charge is 0.356 e. The Morgan fingerprint density at radius 1 is 1.36 bits per heavy atom. The first-order valence-electron chi connectivity index (χ1n) is 3.59. The molecule has 0 bridgehead atoms. The van der Waals surface area contributed by atoms with Crippen LogP contribution in [-0.2, 0) is 0 Å². The van der Waals surface area contributed by atoms with Gasteiger partial charge in [0.2, 0.25) is 0 Å². The van der Waals surface area contributed by atoms with Gasteiger partial charge in [0.05, 0.1) is 0 Å². The molecule has 0 amide bonds.